The number of nitrogens with one attached hydrogen (secondary N) is 1. The van der Waals surface area contributed by atoms with E-state index >= 15 is 0 Å². The van der Waals surface area contributed by atoms with Gasteiger partial charge in [0.05, 0.1) is 15.8 Å². The molecule has 0 fully saturated rings. The van der Waals surface area contributed by atoms with Gasteiger partial charge in [0.2, 0.25) is 11.1 Å². The van der Waals surface area contributed by atoms with Crippen LogP contribution < -0.4 is 5.32 Å². The van der Waals surface area contributed by atoms with Gasteiger partial charge >= 0.3 is 0 Å². The van der Waals surface area contributed by atoms with Gasteiger partial charge in [-0.2, -0.15) is 0 Å². The lowest BCUT2D eigenvalue weighted by molar-refractivity contribution is -0.116. The van der Waals surface area contributed by atoms with Crippen LogP contribution >= 0.6 is 11.3 Å². The molecule has 108 valence electrons. The molecule has 0 saturated heterocycles. The Bertz CT molecular complexity index is 675. The first kappa shape index (κ1) is 14.9. The van der Waals surface area contributed by atoms with Crippen LogP contribution in [0.5, 0.6) is 0 Å². The zero-order valence-corrected chi connectivity index (χ0v) is 13.4. The number of aryl methyl sites for hydroxylation is 1. The quantitative estimate of drug-likeness (QED) is 0.931. The van der Waals surface area contributed by atoms with Crippen molar-refractivity contribution >= 4 is 33.0 Å². The highest BCUT2D eigenvalue weighted by atomic mass is 32.2. The molecule has 0 aliphatic carbocycles. The summed E-state index contributed by atoms with van der Waals surface area (Å²) in [6, 6.07) is 0. The van der Waals surface area contributed by atoms with Crippen LogP contribution in [0.25, 0.3) is 0 Å². The van der Waals surface area contributed by atoms with Gasteiger partial charge in [-0.1, -0.05) is 0 Å². The van der Waals surface area contributed by atoms with Crippen LogP contribution in [0.2, 0.25) is 0 Å². The molecule has 0 aliphatic heterocycles. The second-order valence-corrected chi connectivity index (χ2v) is 6.98. The van der Waals surface area contributed by atoms with Gasteiger partial charge in [0.25, 0.3) is 0 Å². The number of amides is 1. The lowest BCUT2D eigenvalue weighted by Gasteiger charge is -2.06. The molecule has 1 atom stereocenters. The van der Waals surface area contributed by atoms with Crippen molar-refractivity contribution in [2.45, 2.75) is 32.5 Å². The van der Waals surface area contributed by atoms with Crippen molar-refractivity contribution in [2.24, 2.45) is 0 Å². The molecule has 2 rings (SSSR count). The topological polar surface area (TPSA) is 76.9 Å². The number of carbonyl (C=O) groups excluding carboxylic acids is 1. The van der Waals surface area contributed by atoms with Crippen molar-refractivity contribution in [3.63, 3.8) is 0 Å². The third-order valence-corrected chi connectivity index (χ3v) is 5.15. The molecule has 20 heavy (non-hydrogen) atoms. The predicted octanol–water partition coefficient (Wildman–Crippen LogP) is 1.64. The number of aromatic nitrogens is 3. The van der Waals surface area contributed by atoms with Crippen molar-refractivity contribution in [3.8, 4) is 0 Å². The van der Waals surface area contributed by atoms with Gasteiger partial charge < -0.3 is 5.32 Å². The third kappa shape index (κ3) is 2.96. The first-order valence-corrected chi connectivity index (χ1v) is 8.35. The van der Waals surface area contributed by atoms with E-state index in [-0.39, 0.29) is 12.5 Å². The Morgan fingerprint density at radius 3 is 2.65 bits per heavy atom. The molecule has 2 aromatic heterocycles. The number of nitrogens with zero attached hydrogens (tertiary/aromatic N) is 3. The SMILES string of the molecule is Cc1sc(NC(=O)Cn2cnnc2[S@@](C)=O)c(C)c1C. The first-order chi connectivity index (χ1) is 9.40. The van der Waals surface area contributed by atoms with Crippen LogP contribution in [0.15, 0.2) is 11.5 Å². The Balaban J connectivity index is 2.11. The molecule has 8 heteroatoms. The minimum atomic E-state index is -1.26. The van der Waals surface area contributed by atoms with Crippen LogP contribution in [0.1, 0.15) is 16.0 Å². The van der Waals surface area contributed by atoms with Crippen LogP contribution in [0.3, 0.4) is 0 Å². The average Bonchev–Trinajstić information content (AvgIpc) is 2.91. The maximum atomic E-state index is 12.0. The maximum Gasteiger partial charge on any atom is 0.245 e. The zero-order chi connectivity index (χ0) is 14.9. The zero-order valence-electron chi connectivity index (χ0n) is 11.8. The Morgan fingerprint density at radius 1 is 1.40 bits per heavy atom. The smallest absolute Gasteiger partial charge is 0.245 e. The van der Waals surface area contributed by atoms with E-state index < -0.39 is 10.8 Å². The lowest BCUT2D eigenvalue weighted by atomic mass is 10.2. The van der Waals surface area contributed by atoms with Crippen LogP contribution in [-0.4, -0.2) is 31.1 Å². The summed E-state index contributed by atoms with van der Waals surface area (Å²) in [5.74, 6) is -0.180. The van der Waals surface area contributed by atoms with E-state index in [2.05, 4.69) is 15.5 Å². The molecule has 0 spiro atoms. The molecular weight excluding hydrogens is 296 g/mol. The van der Waals surface area contributed by atoms with Gasteiger partial charge in [0.15, 0.2) is 0 Å². The minimum absolute atomic E-state index is 0.0529. The Labute approximate surface area is 123 Å². The van der Waals surface area contributed by atoms with E-state index in [9.17, 15) is 9.00 Å². The van der Waals surface area contributed by atoms with E-state index in [0.717, 1.165) is 10.6 Å². The van der Waals surface area contributed by atoms with Gasteiger partial charge in [-0.25, -0.2) is 0 Å². The lowest BCUT2D eigenvalue weighted by Crippen LogP contribution is -2.19. The Kier molecular flexibility index (Phi) is 4.34. The van der Waals surface area contributed by atoms with Crippen LogP contribution in [0.4, 0.5) is 5.00 Å². The number of rotatable bonds is 4. The summed E-state index contributed by atoms with van der Waals surface area (Å²) in [7, 11) is -1.26. The van der Waals surface area contributed by atoms with Gasteiger partial charge in [-0.3, -0.25) is 13.6 Å². The molecule has 0 aliphatic rings. The average molecular weight is 312 g/mol. The standard InChI is InChI=1S/C12H16N4O2S2/c1-7-8(2)11(19-9(7)3)14-10(17)5-16-6-13-15-12(16)20(4)18/h6H,5H2,1-4H3,(H,14,17)/t20-/m1/s1. The summed E-state index contributed by atoms with van der Waals surface area (Å²) in [6.45, 7) is 6.10. The summed E-state index contributed by atoms with van der Waals surface area (Å²) in [6.07, 6.45) is 2.92. The molecule has 1 N–H and O–H groups in total. The number of thiophene rings is 1. The van der Waals surface area contributed by atoms with Crippen molar-refractivity contribution in [3.05, 3.63) is 22.3 Å². The van der Waals surface area contributed by atoms with Crippen molar-refractivity contribution in [1.29, 1.82) is 0 Å². The monoisotopic (exact) mass is 312 g/mol. The van der Waals surface area contributed by atoms with E-state index in [1.807, 2.05) is 20.8 Å². The normalized spacial score (nSPS) is 12.4. The van der Waals surface area contributed by atoms with E-state index in [1.54, 1.807) is 11.3 Å². The van der Waals surface area contributed by atoms with Crippen LogP contribution in [-0.2, 0) is 22.1 Å². The molecule has 1 amide bonds. The van der Waals surface area contributed by atoms with Crippen LogP contribution in [0, 0.1) is 20.8 Å². The van der Waals surface area contributed by atoms with Gasteiger partial charge in [0, 0.05) is 11.1 Å². The highest BCUT2D eigenvalue weighted by molar-refractivity contribution is 7.84. The molecule has 0 bridgehead atoms. The molecule has 6 nitrogen and oxygen atoms in total. The highest BCUT2D eigenvalue weighted by Crippen LogP contribution is 2.31. The third-order valence-electron chi connectivity index (χ3n) is 3.09. The Hall–Kier alpha value is -1.54. The summed E-state index contributed by atoms with van der Waals surface area (Å²) in [4.78, 5) is 13.2. The number of carbonyl (C=O) groups is 1. The van der Waals surface area contributed by atoms with Crippen molar-refractivity contribution < 1.29 is 9.00 Å². The molecule has 0 aromatic carbocycles. The molecular formula is C12H16N4O2S2. The Morgan fingerprint density at radius 2 is 2.10 bits per heavy atom. The van der Waals surface area contributed by atoms with Crippen molar-refractivity contribution in [1.82, 2.24) is 14.8 Å². The molecule has 2 heterocycles. The second-order valence-electron chi connectivity index (χ2n) is 4.48. The number of anilines is 1. The minimum Gasteiger partial charge on any atom is -0.316 e. The molecule has 0 radical (unpaired) electrons. The first-order valence-electron chi connectivity index (χ1n) is 5.97. The maximum absolute atomic E-state index is 12.0. The summed E-state index contributed by atoms with van der Waals surface area (Å²) in [5, 5.41) is 11.5. The number of hydrogen-bond donors (Lipinski definition) is 1. The highest BCUT2D eigenvalue weighted by Gasteiger charge is 2.14. The van der Waals surface area contributed by atoms with Gasteiger partial charge in [-0.05, 0) is 31.9 Å². The van der Waals surface area contributed by atoms with Crippen molar-refractivity contribution in [2.75, 3.05) is 11.6 Å². The largest absolute Gasteiger partial charge is 0.316 e. The second kappa shape index (κ2) is 5.84. The number of hydrogen-bond acceptors (Lipinski definition) is 5. The van der Waals surface area contributed by atoms with Gasteiger partial charge in [0.1, 0.15) is 12.9 Å². The predicted molar refractivity (Wildman–Crippen MR) is 79.5 cm³/mol. The van der Waals surface area contributed by atoms with E-state index in [1.165, 1.54) is 27.6 Å². The fraction of sp³-hybridized carbons (Fsp3) is 0.417. The fourth-order valence-corrected chi connectivity index (χ4v) is 3.44. The molecule has 0 saturated carbocycles. The molecule has 2 aromatic rings. The summed E-state index contributed by atoms with van der Waals surface area (Å²) in [5.41, 5.74) is 2.29. The fourth-order valence-electron chi connectivity index (χ4n) is 1.76. The summed E-state index contributed by atoms with van der Waals surface area (Å²) < 4.78 is 12.9. The van der Waals surface area contributed by atoms with E-state index in [0.29, 0.717) is 5.16 Å². The van der Waals surface area contributed by atoms with Gasteiger partial charge in [-0.15, -0.1) is 21.5 Å². The summed E-state index contributed by atoms with van der Waals surface area (Å²) >= 11 is 1.56. The molecule has 0 unspecified atom stereocenters. The van der Waals surface area contributed by atoms with E-state index in [4.69, 9.17) is 0 Å².